The third-order valence-corrected chi connectivity index (χ3v) is 3.45. The number of fused-ring (bicyclic) bond motifs is 2. The van der Waals surface area contributed by atoms with Crippen LogP contribution in [0.4, 0.5) is 5.69 Å². The van der Waals surface area contributed by atoms with Crippen LogP contribution in [0.1, 0.15) is 31.8 Å². The van der Waals surface area contributed by atoms with Gasteiger partial charge in [0, 0.05) is 22.4 Å². The third kappa shape index (κ3) is 2.01. The fourth-order valence-corrected chi connectivity index (χ4v) is 2.36. The zero-order valence-corrected chi connectivity index (χ0v) is 13.1. The Morgan fingerprint density at radius 1 is 0.842 bits per heavy atom. The fraction of sp³-hybridized carbons (Fsp3) is 0. The summed E-state index contributed by atoms with van der Waals surface area (Å²) in [6.45, 7) is 0. The van der Waals surface area contributed by atoms with E-state index in [0.29, 0.717) is 21.6 Å². The fourth-order valence-electron chi connectivity index (χ4n) is 2.19. The maximum absolute atomic E-state index is 12.3. The van der Waals surface area contributed by atoms with Gasteiger partial charge in [-0.3, -0.25) is 9.59 Å². The second-order valence-electron chi connectivity index (χ2n) is 4.10. The Balaban J connectivity index is 0.00000133. The molecule has 0 unspecified atom stereocenters. The summed E-state index contributed by atoms with van der Waals surface area (Å²) in [5, 5.41) is 0. The minimum absolute atomic E-state index is 0. The van der Waals surface area contributed by atoms with Crippen molar-refractivity contribution in [2.45, 2.75) is 4.90 Å². The van der Waals surface area contributed by atoms with Gasteiger partial charge in [0.25, 0.3) is 0 Å². The summed E-state index contributed by atoms with van der Waals surface area (Å²) < 4.78 is 0. The van der Waals surface area contributed by atoms with Gasteiger partial charge in [-0.2, -0.15) is 4.90 Å². The van der Waals surface area contributed by atoms with Crippen LogP contribution in [0, 0.1) is 0 Å². The summed E-state index contributed by atoms with van der Waals surface area (Å²) in [5.74, 6) is -0.411. The second-order valence-corrected chi connectivity index (χ2v) is 4.54. The van der Waals surface area contributed by atoms with E-state index in [9.17, 15) is 9.59 Å². The Morgan fingerprint density at radius 2 is 1.42 bits per heavy atom. The van der Waals surface area contributed by atoms with Gasteiger partial charge in [-0.1, -0.05) is 36.4 Å². The van der Waals surface area contributed by atoms with Crippen LogP contribution in [0.25, 0.3) is 0 Å². The molecule has 0 bridgehead atoms. The number of nitrogens with two attached hydrogens (primary N) is 1. The molecule has 0 spiro atoms. The summed E-state index contributed by atoms with van der Waals surface area (Å²) >= 11 is 5.04. The van der Waals surface area contributed by atoms with Crippen molar-refractivity contribution in [2.75, 3.05) is 5.73 Å². The van der Waals surface area contributed by atoms with Crippen LogP contribution < -0.4 is 35.3 Å². The van der Waals surface area contributed by atoms with Gasteiger partial charge < -0.3 is 18.4 Å². The van der Waals surface area contributed by atoms with Crippen LogP contribution in [0.3, 0.4) is 0 Å². The van der Waals surface area contributed by atoms with Crippen molar-refractivity contribution in [3.63, 3.8) is 0 Å². The van der Waals surface area contributed by atoms with Gasteiger partial charge in [-0.25, -0.2) is 0 Å². The van der Waals surface area contributed by atoms with E-state index >= 15 is 0 Å². The second kappa shape index (κ2) is 5.06. The third-order valence-electron chi connectivity index (χ3n) is 3.09. The average molecular weight is 277 g/mol. The Hall–Kier alpha value is -1.20. The smallest absolute Gasteiger partial charge is 0.778 e. The van der Waals surface area contributed by atoms with Crippen molar-refractivity contribution in [1.29, 1.82) is 0 Å². The molecule has 2 aromatic rings. The number of anilines is 1. The van der Waals surface area contributed by atoms with Crippen LogP contribution in [0.2, 0.25) is 0 Å². The molecule has 5 heteroatoms. The minimum Gasteiger partial charge on any atom is -0.778 e. The van der Waals surface area contributed by atoms with Crippen molar-refractivity contribution in [3.05, 3.63) is 58.7 Å². The first kappa shape index (κ1) is 14.2. The molecule has 0 saturated heterocycles. The largest absolute Gasteiger partial charge is 1.00 e. The number of rotatable bonds is 0. The molecule has 1 aliphatic carbocycles. The number of nitrogen functional groups attached to an aromatic ring is 1. The molecule has 0 heterocycles. The van der Waals surface area contributed by atoms with Gasteiger partial charge >= 0.3 is 29.6 Å². The molecule has 2 N–H and O–H groups in total. The monoisotopic (exact) mass is 277 g/mol. The van der Waals surface area contributed by atoms with Crippen LogP contribution in [-0.4, -0.2) is 11.6 Å². The van der Waals surface area contributed by atoms with E-state index in [-0.39, 0.29) is 52.4 Å². The summed E-state index contributed by atoms with van der Waals surface area (Å²) in [6.07, 6.45) is 0. The number of benzene rings is 2. The van der Waals surface area contributed by atoms with E-state index in [1.807, 2.05) is 0 Å². The molecule has 19 heavy (non-hydrogen) atoms. The van der Waals surface area contributed by atoms with Crippen molar-refractivity contribution < 1.29 is 39.1 Å². The summed E-state index contributed by atoms with van der Waals surface area (Å²) in [7, 11) is 0. The van der Waals surface area contributed by atoms with Gasteiger partial charge in [-0.05, 0) is 0 Å². The predicted molar refractivity (Wildman–Crippen MR) is 69.8 cm³/mol. The number of ketones is 2. The molecular weight excluding hydrogens is 269 g/mol. The molecule has 2 aromatic carbocycles. The SMILES string of the molecule is Nc1c([S-])ccc2c1C(=O)c1ccccc1C2=O.[Na+]. The van der Waals surface area contributed by atoms with Crippen LogP contribution in [0.15, 0.2) is 41.3 Å². The Labute approximate surface area is 137 Å². The van der Waals surface area contributed by atoms with E-state index in [2.05, 4.69) is 0 Å². The Bertz CT molecular complexity index is 713. The number of hydrogen-bond donors (Lipinski definition) is 1. The Morgan fingerprint density at radius 3 is 2.05 bits per heavy atom. The van der Waals surface area contributed by atoms with Crippen LogP contribution >= 0.6 is 0 Å². The van der Waals surface area contributed by atoms with Crippen molar-refractivity contribution >= 4 is 29.9 Å². The molecule has 3 rings (SSSR count). The standard InChI is InChI=1S/C14H9NO2S.Na/c15-12-10(18)6-5-9-11(12)14(17)8-4-2-1-3-7(8)13(9)16;/h1-6,18H,15H2;/q;+1/p-1. The Kier molecular flexibility index (Phi) is 3.78. The first-order valence-corrected chi connectivity index (χ1v) is 5.80. The molecule has 0 fully saturated rings. The molecule has 0 atom stereocenters. The normalized spacial score (nSPS) is 12.4. The zero-order chi connectivity index (χ0) is 12.9. The molecule has 88 valence electrons. The molecule has 0 aromatic heterocycles. The van der Waals surface area contributed by atoms with E-state index < -0.39 is 0 Å². The number of carbonyl (C=O) groups excluding carboxylic acids is 2. The summed E-state index contributed by atoms with van der Waals surface area (Å²) in [5.41, 5.74) is 7.45. The molecule has 1 aliphatic rings. The van der Waals surface area contributed by atoms with E-state index in [1.165, 1.54) is 0 Å². The maximum Gasteiger partial charge on any atom is 1.00 e. The predicted octanol–water partition coefficient (Wildman–Crippen LogP) is -1.05. The van der Waals surface area contributed by atoms with Crippen LogP contribution in [-0.2, 0) is 12.6 Å². The minimum atomic E-state index is -0.232. The molecule has 0 amide bonds. The van der Waals surface area contributed by atoms with Crippen LogP contribution in [0.5, 0.6) is 0 Å². The topological polar surface area (TPSA) is 60.2 Å². The molecule has 0 aliphatic heterocycles. The summed E-state index contributed by atoms with van der Waals surface area (Å²) in [6, 6.07) is 9.90. The molecule has 0 radical (unpaired) electrons. The molecule has 3 nitrogen and oxygen atoms in total. The van der Waals surface area contributed by atoms with Crippen molar-refractivity contribution in [2.24, 2.45) is 0 Å². The quantitative estimate of drug-likeness (QED) is 0.324. The zero-order valence-electron chi connectivity index (χ0n) is 10.3. The molecule has 0 saturated carbocycles. The maximum atomic E-state index is 12.3. The van der Waals surface area contributed by atoms with Gasteiger partial charge in [0.2, 0.25) is 0 Å². The van der Waals surface area contributed by atoms with Crippen molar-refractivity contribution in [3.8, 4) is 0 Å². The van der Waals surface area contributed by atoms with Gasteiger partial charge in [-0.15, -0.1) is 0 Å². The van der Waals surface area contributed by atoms with Gasteiger partial charge in [0.1, 0.15) is 0 Å². The number of carbonyl (C=O) groups is 2. The van der Waals surface area contributed by atoms with E-state index in [1.54, 1.807) is 36.4 Å². The van der Waals surface area contributed by atoms with Gasteiger partial charge in [0.15, 0.2) is 11.6 Å². The first-order chi connectivity index (χ1) is 8.61. The van der Waals surface area contributed by atoms with Gasteiger partial charge in [0.05, 0.1) is 5.56 Å². The molecular formula is C14H8NNaO2S. The van der Waals surface area contributed by atoms with Crippen molar-refractivity contribution in [1.82, 2.24) is 0 Å². The summed E-state index contributed by atoms with van der Waals surface area (Å²) in [4.78, 5) is 25.0. The van der Waals surface area contributed by atoms with E-state index in [0.717, 1.165) is 0 Å². The van der Waals surface area contributed by atoms with E-state index in [4.69, 9.17) is 18.4 Å². The first-order valence-electron chi connectivity index (χ1n) is 5.39. The number of hydrogen-bond acceptors (Lipinski definition) is 4. The average Bonchev–Trinajstić information content (AvgIpc) is 2.39.